The number of nitrogens with zero attached hydrogens (tertiary/aromatic N) is 2. The van der Waals surface area contributed by atoms with E-state index in [2.05, 4.69) is 26.0 Å². The molecule has 0 saturated heterocycles. The van der Waals surface area contributed by atoms with Crippen molar-refractivity contribution in [1.82, 2.24) is 9.80 Å². The first-order chi connectivity index (χ1) is 21.4. The number of aryl methyl sites for hydroxylation is 2. The first-order valence-corrected chi connectivity index (χ1v) is 16.1. The Morgan fingerprint density at radius 2 is 1.40 bits per heavy atom. The number of benzene rings is 3. The molecule has 0 aromatic heterocycles. The molecule has 3 aromatic carbocycles. The van der Waals surface area contributed by atoms with Gasteiger partial charge in [0.1, 0.15) is 11.6 Å². The summed E-state index contributed by atoms with van der Waals surface area (Å²) < 4.78 is 27.6. The van der Waals surface area contributed by atoms with Crippen LogP contribution in [0.3, 0.4) is 0 Å². The maximum absolute atomic E-state index is 14.2. The molecule has 45 heavy (non-hydrogen) atoms. The molecule has 3 N–H and O–H groups in total. The summed E-state index contributed by atoms with van der Waals surface area (Å²) in [6, 6.07) is 15.5. The van der Waals surface area contributed by atoms with Crippen LogP contribution in [0.4, 0.5) is 8.78 Å². The Morgan fingerprint density at radius 3 is 1.98 bits per heavy atom. The van der Waals surface area contributed by atoms with E-state index in [0.717, 1.165) is 48.4 Å². The quantitative estimate of drug-likeness (QED) is 0.187. The van der Waals surface area contributed by atoms with Crippen LogP contribution in [0.5, 0.6) is 0 Å². The number of hydrogen-bond acceptors (Lipinski definition) is 4. The second-order valence-electron chi connectivity index (χ2n) is 12.5. The smallest absolute Gasteiger partial charge is 0.254 e. The SMILES string of the molecule is CCCN(CCC)C(=O)c1cc(C)cc(C(=O)N(Cc2cccc(CCC(C)C)c2)C[C@@H](O)[C@@H](N)Cc2cc(F)cc(F)c2)c1. The summed E-state index contributed by atoms with van der Waals surface area (Å²) in [5, 5.41) is 11.2. The van der Waals surface area contributed by atoms with Crippen LogP contribution in [0.2, 0.25) is 0 Å². The Bertz CT molecular complexity index is 1400. The van der Waals surface area contributed by atoms with Gasteiger partial charge in [-0.1, -0.05) is 52.0 Å². The topological polar surface area (TPSA) is 86.9 Å². The molecule has 8 heteroatoms. The van der Waals surface area contributed by atoms with Gasteiger partial charge < -0.3 is 20.6 Å². The second-order valence-corrected chi connectivity index (χ2v) is 12.5. The van der Waals surface area contributed by atoms with E-state index >= 15 is 0 Å². The highest BCUT2D eigenvalue weighted by Gasteiger charge is 2.25. The number of aliphatic hydroxyl groups excluding tert-OH is 1. The Morgan fingerprint density at radius 1 is 0.822 bits per heavy atom. The summed E-state index contributed by atoms with van der Waals surface area (Å²) in [6.45, 7) is 11.6. The number of hydrogen-bond donors (Lipinski definition) is 2. The Hall–Kier alpha value is -3.62. The lowest BCUT2D eigenvalue weighted by Gasteiger charge is -2.29. The van der Waals surface area contributed by atoms with Gasteiger partial charge in [0, 0.05) is 49.4 Å². The van der Waals surface area contributed by atoms with Gasteiger partial charge in [0.2, 0.25) is 0 Å². The van der Waals surface area contributed by atoms with Crippen molar-refractivity contribution in [3.05, 3.63) is 106 Å². The van der Waals surface area contributed by atoms with Crippen molar-refractivity contribution in [2.24, 2.45) is 11.7 Å². The Balaban J connectivity index is 1.92. The lowest BCUT2D eigenvalue weighted by molar-refractivity contribution is 0.0554. The first kappa shape index (κ1) is 35.9. The molecule has 0 radical (unpaired) electrons. The maximum atomic E-state index is 14.2. The van der Waals surface area contributed by atoms with Crippen LogP contribution in [0, 0.1) is 24.5 Å². The highest BCUT2D eigenvalue weighted by Crippen LogP contribution is 2.20. The average Bonchev–Trinajstić information content (AvgIpc) is 2.98. The molecule has 0 saturated carbocycles. The normalized spacial score (nSPS) is 12.7. The van der Waals surface area contributed by atoms with Gasteiger partial charge in [0.25, 0.3) is 11.8 Å². The summed E-state index contributed by atoms with van der Waals surface area (Å²) in [7, 11) is 0. The van der Waals surface area contributed by atoms with Gasteiger partial charge in [-0.2, -0.15) is 0 Å². The summed E-state index contributed by atoms with van der Waals surface area (Å²) in [5.41, 5.74) is 10.3. The van der Waals surface area contributed by atoms with Gasteiger partial charge in [0.15, 0.2) is 0 Å². The fourth-order valence-electron chi connectivity index (χ4n) is 5.53. The average molecular weight is 622 g/mol. The van der Waals surface area contributed by atoms with Gasteiger partial charge in [-0.25, -0.2) is 8.78 Å². The van der Waals surface area contributed by atoms with Gasteiger partial charge >= 0.3 is 0 Å². The van der Waals surface area contributed by atoms with Crippen molar-refractivity contribution < 1.29 is 23.5 Å². The van der Waals surface area contributed by atoms with Gasteiger partial charge in [-0.15, -0.1) is 0 Å². The van der Waals surface area contributed by atoms with Crippen LogP contribution in [-0.4, -0.2) is 58.5 Å². The van der Waals surface area contributed by atoms with Crippen LogP contribution < -0.4 is 5.73 Å². The molecule has 2 amide bonds. The standard InChI is InChI=1S/C37H49F2N3O3/c1-6-13-41(14-7-2)36(44)30-15-26(5)16-31(21-30)37(45)42(23-28-10-8-9-27(17-28)12-11-25(3)4)24-35(43)34(40)20-29-18-32(38)22-33(39)19-29/h8-10,15-19,21-22,25,34-35,43H,6-7,11-14,20,23-24,40H2,1-5H3/t34-,35+/m0/s1. The zero-order valence-electron chi connectivity index (χ0n) is 27.4. The largest absolute Gasteiger partial charge is 0.390 e. The molecule has 0 heterocycles. The predicted octanol–water partition coefficient (Wildman–Crippen LogP) is 6.70. The van der Waals surface area contributed by atoms with Crippen LogP contribution in [0.15, 0.2) is 60.7 Å². The van der Waals surface area contributed by atoms with Gasteiger partial charge in [0.05, 0.1) is 6.10 Å². The zero-order valence-corrected chi connectivity index (χ0v) is 27.4. The molecule has 3 rings (SSSR count). The number of aliphatic hydroxyl groups is 1. The van der Waals surface area contributed by atoms with Gasteiger partial charge in [-0.05, 0) is 97.5 Å². The van der Waals surface area contributed by atoms with E-state index in [4.69, 9.17) is 5.73 Å². The molecule has 0 aliphatic heterocycles. The summed E-state index contributed by atoms with van der Waals surface area (Å²) in [6.07, 6.45) is 2.44. The molecule has 3 aromatic rings. The molecular weight excluding hydrogens is 572 g/mol. The number of carbonyl (C=O) groups excluding carboxylic acids is 2. The second kappa shape index (κ2) is 17.2. The zero-order chi connectivity index (χ0) is 33.1. The predicted molar refractivity (Wildman–Crippen MR) is 176 cm³/mol. The lowest BCUT2D eigenvalue weighted by Crippen LogP contribution is -2.46. The van der Waals surface area contributed by atoms with Gasteiger partial charge in [-0.3, -0.25) is 9.59 Å². The minimum Gasteiger partial charge on any atom is -0.390 e. The third kappa shape index (κ3) is 11.0. The van der Waals surface area contributed by atoms with Crippen molar-refractivity contribution in [1.29, 1.82) is 0 Å². The van der Waals surface area contributed by atoms with Crippen LogP contribution in [0.1, 0.15) is 89.9 Å². The van der Waals surface area contributed by atoms with E-state index in [0.29, 0.717) is 35.7 Å². The lowest BCUT2D eigenvalue weighted by atomic mass is 9.99. The number of halogens is 2. The summed E-state index contributed by atoms with van der Waals surface area (Å²) >= 11 is 0. The third-order valence-electron chi connectivity index (χ3n) is 7.80. The van der Waals surface area contributed by atoms with Crippen LogP contribution >= 0.6 is 0 Å². The maximum Gasteiger partial charge on any atom is 0.254 e. The highest BCUT2D eigenvalue weighted by atomic mass is 19.1. The molecule has 0 bridgehead atoms. The van der Waals surface area contributed by atoms with E-state index in [9.17, 15) is 23.5 Å². The van der Waals surface area contributed by atoms with E-state index in [1.807, 2.05) is 37.8 Å². The number of carbonyl (C=O) groups is 2. The first-order valence-electron chi connectivity index (χ1n) is 16.1. The van der Waals surface area contributed by atoms with Crippen molar-refractivity contribution in [2.45, 2.75) is 85.4 Å². The van der Waals surface area contributed by atoms with Crippen molar-refractivity contribution in [2.75, 3.05) is 19.6 Å². The minimum absolute atomic E-state index is 0.0242. The molecule has 2 atom stereocenters. The molecule has 0 aliphatic rings. The molecule has 244 valence electrons. The molecule has 0 aliphatic carbocycles. The van der Waals surface area contributed by atoms with Crippen molar-refractivity contribution >= 4 is 11.8 Å². The van der Waals surface area contributed by atoms with E-state index in [-0.39, 0.29) is 31.3 Å². The summed E-state index contributed by atoms with van der Waals surface area (Å²) in [5.74, 6) is -1.35. The van der Waals surface area contributed by atoms with Crippen LogP contribution in [0.25, 0.3) is 0 Å². The Labute approximate surface area is 267 Å². The molecule has 0 fully saturated rings. The number of nitrogens with two attached hydrogens (primary N) is 1. The molecule has 0 unspecified atom stereocenters. The number of amides is 2. The van der Waals surface area contributed by atoms with E-state index in [1.165, 1.54) is 17.0 Å². The van der Waals surface area contributed by atoms with Crippen molar-refractivity contribution in [3.8, 4) is 0 Å². The minimum atomic E-state index is -1.18. The fourth-order valence-corrected chi connectivity index (χ4v) is 5.53. The fraction of sp³-hybridized carbons (Fsp3) is 0.459. The number of rotatable bonds is 16. The molecule has 0 spiro atoms. The van der Waals surface area contributed by atoms with Crippen molar-refractivity contribution in [3.63, 3.8) is 0 Å². The Kier molecular flexibility index (Phi) is 13.7. The third-order valence-corrected chi connectivity index (χ3v) is 7.80. The van der Waals surface area contributed by atoms with E-state index in [1.54, 1.807) is 18.2 Å². The molecular formula is C37H49F2N3O3. The monoisotopic (exact) mass is 621 g/mol. The highest BCUT2D eigenvalue weighted by molar-refractivity contribution is 6.00. The summed E-state index contributed by atoms with van der Waals surface area (Å²) in [4.78, 5) is 30.9. The van der Waals surface area contributed by atoms with E-state index < -0.39 is 23.8 Å². The van der Waals surface area contributed by atoms with Crippen LogP contribution in [-0.2, 0) is 19.4 Å². The molecule has 6 nitrogen and oxygen atoms in total.